The third-order valence-corrected chi connectivity index (χ3v) is 3.41. The predicted octanol–water partition coefficient (Wildman–Crippen LogP) is 2.03. The fraction of sp³-hybridized carbons (Fsp3) is 0.467. The van der Waals surface area contributed by atoms with E-state index in [2.05, 4.69) is 5.32 Å². The Bertz CT molecular complexity index is 549. The van der Waals surface area contributed by atoms with E-state index >= 15 is 0 Å². The van der Waals surface area contributed by atoms with E-state index in [1.165, 1.54) is 0 Å². The summed E-state index contributed by atoms with van der Waals surface area (Å²) in [4.78, 5) is 20.7. The minimum Gasteiger partial charge on any atom is -0.475 e. The topological polar surface area (TPSA) is 92.4 Å². The van der Waals surface area contributed by atoms with E-state index in [0.29, 0.717) is 6.54 Å². The first-order valence-corrected chi connectivity index (χ1v) is 7.05. The summed E-state index contributed by atoms with van der Waals surface area (Å²) in [5.41, 5.74) is 6.59. The minimum absolute atomic E-state index is 0.0109. The Labute approximate surface area is 131 Å². The molecule has 8 heteroatoms. The lowest BCUT2D eigenvalue weighted by molar-refractivity contribution is -0.192. The highest BCUT2D eigenvalue weighted by atomic mass is 19.4. The zero-order valence-corrected chi connectivity index (χ0v) is 12.6. The van der Waals surface area contributed by atoms with Gasteiger partial charge in [-0.15, -0.1) is 0 Å². The van der Waals surface area contributed by atoms with Crippen LogP contribution in [0.5, 0.6) is 0 Å². The maximum Gasteiger partial charge on any atom is 0.490 e. The zero-order chi connectivity index (χ0) is 17.7. The number of nitrogens with two attached hydrogens (primary N) is 1. The Kier molecular flexibility index (Phi) is 6.14. The monoisotopic (exact) mass is 332 g/mol. The molecule has 0 heterocycles. The molecule has 1 fully saturated rings. The maximum absolute atomic E-state index is 11.8. The number of carboxylic acids is 1. The van der Waals surface area contributed by atoms with Crippen LogP contribution in [0, 0.1) is 0 Å². The standard InChI is InChI=1S/C13H18N2O.C2HF3O2/c1-2-8-15-12(16)13(14)9-11(13)10-6-4-3-5-7-10;3-2(4,5)1(6)7/h3-7,11H,2,8-9,14H2,1H3,(H,15,16);(H,6,7)/t11-,13+;/m1./s1. The van der Waals surface area contributed by atoms with E-state index in [4.69, 9.17) is 15.6 Å². The number of halogens is 3. The highest BCUT2D eigenvalue weighted by Crippen LogP contribution is 2.49. The van der Waals surface area contributed by atoms with Crippen molar-refractivity contribution in [2.75, 3.05) is 6.54 Å². The van der Waals surface area contributed by atoms with Gasteiger partial charge in [0.05, 0.1) is 0 Å². The molecule has 0 aromatic heterocycles. The highest BCUT2D eigenvalue weighted by Gasteiger charge is 2.57. The lowest BCUT2D eigenvalue weighted by atomic mass is 10.1. The number of hydrogen-bond acceptors (Lipinski definition) is 3. The molecule has 128 valence electrons. The van der Waals surface area contributed by atoms with Gasteiger partial charge in [0.15, 0.2) is 0 Å². The van der Waals surface area contributed by atoms with Crippen molar-refractivity contribution in [3.63, 3.8) is 0 Å². The van der Waals surface area contributed by atoms with Crippen molar-refractivity contribution in [2.24, 2.45) is 5.73 Å². The second kappa shape index (κ2) is 7.45. The van der Waals surface area contributed by atoms with Crippen molar-refractivity contribution in [2.45, 2.75) is 37.4 Å². The number of amides is 1. The molecule has 2 rings (SSSR count). The van der Waals surface area contributed by atoms with E-state index in [-0.39, 0.29) is 11.8 Å². The summed E-state index contributed by atoms with van der Waals surface area (Å²) < 4.78 is 31.7. The van der Waals surface area contributed by atoms with Crippen LogP contribution in [-0.2, 0) is 9.59 Å². The van der Waals surface area contributed by atoms with Gasteiger partial charge in [0, 0.05) is 12.5 Å². The van der Waals surface area contributed by atoms with E-state index in [0.717, 1.165) is 18.4 Å². The molecule has 0 aliphatic heterocycles. The normalized spacial score (nSPS) is 22.6. The van der Waals surface area contributed by atoms with Crippen molar-refractivity contribution in [3.8, 4) is 0 Å². The molecule has 1 aromatic rings. The van der Waals surface area contributed by atoms with E-state index < -0.39 is 17.7 Å². The molecule has 23 heavy (non-hydrogen) atoms. The molecule has 0 saturated heterocycles. The number of nitrogens with one attached hydrogen (secondary N) is 1. The number of alkyl halides is 3. The van der Waals surface area contributed by atoms with Crippen LogP contribution in [0.15, 0.2) is 30.3 Å². The zero-order valence-electron chi connectivity index (χ0n) is 12.6. The molecule has 0 spiro atoms. The molecular weight excluding hydrogens is 313 g/mol. The Morgan fingerprint density at radius 1 is 1.35 bits per heavy atom. The van der Waals surface area contributed by atoms with Gasteiger partial charge in [-0.05, 0) is 18.4 Å². The molecule has 0 radical (unpaired) electrons. The smallest absolute Gasteiger partial charge is 0.475 e. The summed E-state index contributed by atoms with van der Waals surface area (Å²) in [6, 6.07) is 10.0. The van der Waals surface area contributed by atoms with Gasteiger partial charge in [-0.25, -0.2) is 4.79 Å². The number of carboxylic acid groups (broad SMARTS) is 1. The maximum atomic E-state index is 11.8. The number of rotatable bonds is 4. The molecule has 1 aromatic carbocycles. The van der Waals surface area contributed by atoms with E-state index in [1.54, 1.807) is 0 Å². The average molecular weight is 332 g/mol. The van der Waals surface area contributed by atoms with Gasteiger partial charge in [0.1, 0.15) is 5.54 Å². The second-order valence-electron chi connectivity index (χ2n) is 5.27. The van der Waals surface area contributed by atoms with Gasteiger partial charge in [-0.3, -0.25) is 4.79 Å². The van der Waals surface area contributed by atoms with Crippen molar-refractivity contribution in [1.29, 1.82) is 0 Å². The Balaban J connectivity index is 0.000000322. The second-order valence-corrected chi connectivity index (χ2v) is 5.27. The summed E-state index contributed by atoms with van der Waals surface area (Å²) in [5.74, 6) is -2.58. The van der Waals surface area contributed by atoms with Crippen LogP contribution in [0.1, 0.15) is 31.2 Å². The number of hydrogen-bond donors (Lipinski definition) is 3. The summed E-state index contributed by atoms with van der Waals surface area (Å²) in [6.07, 6.45) is -3.38. The predicted molar refractivity (Wildman–Crippen MR) is 77.7 cm³/mol. The summed E-state index contributed by atoms with van der Waals surface area (Å²) in [7, 11) is 0. The van der Waals surface area contributed by atoms with Crippen LogP contribution in [0.3, 0.4) is 0 Å². The Morgan fingerprint density at radius 3 is 2.30 bits per heavy atom. The van der Waals surface area contributed by atoms with E-state index in [9.17, 15) is 18.0 Å². The Hall–Kier alpha value is -2.09. The SMILES string of the molecule is CCCNC(=O)[C@]1(N)C[C@@H]1c1ccccc1.O=C(O)C(F)(F)F. The lowest BCUT2D eigenvalue weighted by Gasteiger charge is -2.11. The lowest BCUT2D eigenvalue weighted by Crippen LogP contribution is -2.44. The molecule has 5 nitrogen and oxygen atoms in total. The average Bonchev–Trinajstić information content (AvgIpc) is 3.19. The molecule has 0 unspecified atom stereocenters. The molecular formula is C15H19F3N2O3. The summed E-state index contributed by atoms with van der Waals surface area (Å²) >= 11 is 0. The van der Waals surface area contributed by atoms with Crippen molar-refractivity contribution < 1.29 is 27.9 Å². The van der Waals surface area contributed by atoms with Gasteiger partial charge >= 0.3 is 12.1 Å². The van der Waals surface area contributed by atoms with E-state index in [1.807, 2.05) is 37.3 Å². The third kappa shape index (κ3) is 5.24. The number of benzene rings is 1. The molecule has 4 N–H and O–H groups in total. The van der Waals surface area contributed by atoms with Crippen molar-refractivity contribution in [1.82, 2.24) is 5.32 Å². The first-order chi connectivity index (χ1) is 10.6. The first kappa shape index (κ1) is 19.0. The molecule has 1 aliphatic carbocycles. The first-order valence-electron chi connectivity index (χ1n) is 7.05. The molecule has 1 amide bonds. The number of carbonyl (C=O) groups is 2. The largest absolute Gasteiger partial charge is 0.490 e. The van der Waals surface area contributed by atoms with Crippen molar-refractivity contribution in [3.05, 3.63) is 35.9 Å². The fourth-order valence-electron chi connectivity index (χ4n) is 2.03. The molecule has 0 bridgehead atoms. The van der Waals surface area contributed by atoms with Crippen LogP contribution in [-0.4, -0.2) is 35.2 Å². The molecule has 2 atom stereocenters. The van der Waals surface area contributed by atoms with Crippen molar-refractivity contribution >= 4 is 11.9 Å². The molecule has 1 saturated carbocycles. The Morgan fingerprint density at radius 2 is 1.87 bits per heavy atom. The highest BCUT2D eigenvalue weighted by molar-refractivity contribution is 5.91. The van der Waals surface area contributed by atoms with Gasteiger partial charge in [0.25, 0.3) is 0 Å². The number of carbonyl (C=O) groups excluding carboxylic acids is 1. The molecule has 1 aliphatic rings. The fourth-order valence-corrected chi connectivity index (χ4v) is 2.03. The summed E-state index contributed by atoms with van der Waals surface area (Å²) in [6.45, 7) is 2.74. The van der Waals surface area contributed by atoms with Gasteiger partial charge < -0.3 is 16.2 Å². The van der Waals surface area contributed by atoms with Crippen LogP contribution >= 0.6 is 0 Å². The quantitative estimate of drug-likeness (QED) is 0.786. The van der Waals surface area contributed by atoms with Gasteiger partial charge in [0.2, 0.25) is 5.91 Å². The number of aliphatic carboxylic acids is 1. The van der Waals surface area contributed by atoms with Gasteiger partial charge in [-0.2, -0.15) is 13.2 Å². The van der Waals surface area contributed by atoms with Crippen LogP contribution < -0.4 is 11.1 Å². The van der Waals surface area contributed by atoms with Crippen LogP contribution in [0.2, 0.25) is 0 Å². The van der Waals surface area contributed by atoms with Crippen LogP contribution in [0.4, 0.5) is 13.2 Å². The van der Waals surface area contributed by atoms with Gasteiger partial charge in [-0.1, -0.05) is 37.3 Å². The van der Waals surface area contributed by atoms with Crippen LogP contribution in [0.25, 0.3) is 0 Å². The minimum atomic E-state index is -5.08. The third-order valence-electron chi connectivity index (χ3n) is 3.41. The summed E-state index contributed by atoms with van der Waals surface area (Å²) in [5, 5.41) is 10.00.